The van der Waals surface area contributed by atoms with E-state index in [9.17, 15) is 9.59 Å². The number of benzene rings is 2. The van der Waals surface area contributed by atoms with Gasteiger partial charge in [0.15, 0.2) is 6.61 Å². The number of hydrogen-bond donors (Lipinski definition) is 1. The molecule has 0 aliphatic rings. The normalized spacial score (nSPS) is 10.2. The number of rotatable bonds is 4. The summed E-state index contributed by atoms with van der Waals surface area (Å²) in [6.45, 7) is -0.398. The first-order valence-corrected chi connectivity index (χ1v) is 6.74. The van der Waals surface area contributed by atoms with E-state index in [4.69, 9.17) is 33.7 Å². The van der Waals surface area contributed by atoms with Crippen molar-refractivity contribution in [1.82, 2.24) is 0 Å². The molecule has 0 unspecified atom stereocenters. The van der Waals surface area contributed by atoms with Crippen LogP contribution in [-0.2, 0) is 4.74 Å². The number of carbonyl (C=O) groups excluding carboxylic acids is 2. The van der Waals surface area contributed by atoms with E-state index >= 15 is 0 Å². The van der Waals surface area contributed by atoms with Gasteiger partial charge in [0.25, 0.3) is 0 Å². The van der Waals surface area contributed by atoms with E-state index in [1.165, 1.54) is 24.3 Å². The first-order chi connectivity index (χ1) is 9.97. The molecule has 0 amide bonds. The fourth-order valence-corrected chi connectivity index (χ4v) is 2.14. The predicted octanol–water partition coefficient (Wildman–Crippen LogP) is 3.62. The van der Waals surface area contributed by atoms with Crippen molar-refractivity contribution < 1.29 is 14.3 Å². The summed E-state index contributed by atoms with van der Waals surface area (Å²) >= 11 is 11.7. The van der Waals surface area contributed by atoms with E-state index in [1.807, 2.05) is 0 Å². The number of esters is 1. The van der Waals surface area contributed by atoms with Gasteiger partial charge >= 0.3 is 5.97 Å². The molecule has 0 aromatic heterocycles. The molecule has 0 saturated heterocycles. The molecule has 2 N–H and O–H groups in total. The van der Waals surface area contributed by atoms with Crippen molar-refractivity contribution in [2.45, 2.75) is 0 Å². The summed E-state index contributed by atoms with van der Waals surface area (Å²) in [5, 5.41) is 0.645. The molecule has 4 nitrogen and oxygen atoms in total. The second-order valence-electron chi connectivity index (χ2n) is 4.25. The minimum atomic E-state index is -0.603. The SMILES string of the molecule is Nc1ccc(C(=O)OCC(=O)c2ccc(Cl)cc2Cl)cc1. The largest absolute Gasteiger partial charge is 0.454 e. The molecule has 0 spiro atoms. The molecule has 21 heavy (non-hydrogen) atoms. The number of Topliss-reactive ketones (excluding diaryl/α,β-unsaturated/α-hetero) is 1. The number of nitrogens with two attached hydrogens (primary N) is 1. The average molecular weight is 324 g/mol. The van der Waals surface area contributed by atoms with Crippen molar-refractivity contribution in [3.63, 3.8) is 0 Å². The smallest absolute Gasteiger partial charge is 0.338 e. The minimum Gasteiger partial charge on any atom is -0.454 e. The number of nitrogen functional groups attached to an aromatic ring is 1. The molecular formula is C15H11Cl2NO3. The lowest BCUT2D eigenvalue weighted by Crippen LogP contribution is -2.14. The third-order valence-corrected chi connectivity index (χ3v) is 3.26. The average Bonchev–Trinajstić information content (AvgIpc) is 2.45. The molecule has 0 aliphatic heterocycles. The Morgan fingerprint density at radius 1 is 1.05 bits per heavy atom. The molecule has 0 fully saturated rings. The highest BCUT2D eigenvalue weighted by Crippen LogP contribution is 2.21. The zero-order chi connectivity index (χ0) is 15.4. The Kier molecular flexibility index (Phi) is 4.83. The van der Waals surface area contributed by atoms with Gasteiger partial charge in [0.05, 0.1) is 10.6 Å². The van der Waals surface area contributed by atoms with Crippen molar-refractivity contribution in [2.75, 3.05) is 12.3 Å². The zero-order valence-electron chi connectivity index (χ0n) is 10.8. The Hall–Kier alpha value is -2.04. The predicted molar refractivity (Wildman–Crippen MR) is 81.9 cm³/mol. The van der Waals surface area contributed by atoms with Gasteiger partial charge < -0.3 is 10.5 Å². The third-order valence-electron chi connectivity index (χ3n) is 2.71. The molecule has 0 heterocycles. The van der Waals surface area contributed by atoms with E-state index in [2.05, 4.69) is 0 Å². The van der Waals surface area contributed by atoms with Crippen molar-refractivity contribution in [2.24, 2.45) is 0 Å². The van der Waals surface area contributed by atoms with Crippen LogP contribution in [0.15, 0.2) is 42.5 Å². The fraction of sp³-hybridized carbons (Fsp3) is 0.0667. The quantitative estimate of drug-likeness (QED) is 0.530. The Morgan fingerprint density at radius 3 is 2.33 bits per heavy atom. The van der Waals surface area contributed by atoms with Crippen molar-refractivity contribution in [3.05, 3.63) is 63.6 Å². The Balaban J connectivity index is 2.00. The lowest BCUT2D eigenvalue weighted by Gasteiger charge is -2.06. The van der Waals surface area contributed by atoms with E-state index in [1.54, 1.807) is 18.2 Å². The fourth-order valence-electron chi connectivity index (χ4n) is 1.63. The first kappa shape index (κ1) is 15.4. The van der Waals surface area contributed by atoms with Gasteiger partial charge in [-0.1, -0.05) is 23.2 Å². The summed E-state index contributed by atoms with van der Waals surface area (Å²) in [5.74, 6) is -1.01. The summed E-state index contributed by atoms with van der Waals surface area (Å²) in [4.78, 5) is 23.7. The number of halogens is 2. The molecule has 0 saturated carbocycles. The van der Waals surface area contributed by atoms with Crippen molar-refractivity contribution in [3.8, 4) is 0 Å². The van der Waals surface area contributed by atoms with Crippen molar-refractivity contribution in [1.29, 1.82) is 0 Å². The monoisotopic (exact) mass is 323 g/mol. The summed E-state index contributed by atoms with van der Waals surface area (Å²) in [7, 11) is 0. The van der Waals surface area contributed by atoms with Crippen LogP contribution >= 0.6 is 23.2 Å². The standard InChI is InChI=1S/C15H11Cl2NO3/c16-10-3-6-12(13(17)7-10)14(19)8-21-15(20)9-1-4-11(18)5-2-9/h1-7H,8,18H2. The van der Waals surface area contributed by atoms with Crippen LogP contribution in [0.3, 0.4) is 0 Å². The highest BCUT2D eigenvalue weighted by Gasteiger charge is 2.14. The minimum absolute atomic E-state index is 0.219. The van der Waals surface area contributed by atoms with Crippen LogP contribution in [0.4, 0.5) is 5.69 Å². The van der Waals surface area contributed by atoms with Gasteiger partial charge in [-0.2, -0.15) is 0 Å². The van der Waals surface area contributed by atoms with Crippen LogP contribution in [0.5, 0.6) is 0 Å². The second kappa shape index (κ2) is 6.61. The van der Waals surface area contributed by atoms with E-state index in [0.717, 1.165) is 0 Å². The van der Waals surface area contributed by atoms with E-state index in [-0.39, 0.29) is 10.6 Å². The first-order valence-electron chi connectivity index (χ1n) is 5.98. The van der Waals surface area contributed by atoms with Crippen LogP contribution in [0, 0.1) is 0 Å². The lowest BCUT2D eigenvalue weighted by molar-refractivity contribution is 0.0475. The Morgan fingerprint density at radius 2 is 1.71 bits per heavy atom. The summed E-state index contributed by atoms with van der Waals surface area (Å²) in [6, 6.07) is 10.7. The maximum absolute atomic E-state index is 11.9. The maximum atomic E-state index is 11.9. The molecule has 2 aromatic rings. The van der Waals surface area contributed by atoms with Crippen LogP contribution in [0.25, 0.3) is 0 Å². The van der Waals surface area contributed by atoms with Gasteiger partial charge in [0.1, 0.15) is 0 Å². The molecular weight excluding hydrogens is 313 g/mol. The summed E-state index contributed by atoms with van der Waals surface area (Å²) in [6.07, 6.45) is 0. The second-order valence-corrected chi connectivity index (χ2v) is 5.09. The summed E-state index contributed by atoms with van der Waals surface area (Å²) in [5.41, 5.74) is 6.63. The Bertz CT molecular complexity index is 684. The Labute approximate surface area is 131 Å². The zero-order valence-corrected chi connectivity index (χ0v) is 12.3. The number of anilines is 1. The highest BCUT2D eigenvalue weighted by atomic mass is 35.5. The molecule has 0 radical (unpaired) electrons. The van der Waals surface area contributed by atoms with Crippen molar-refractivity contribution >= 4 is 40.6 Å². The summed E-state index contributed by atoms with van der Waals surface area (Å²) < 4.78 is 4.95. The van der Waals surface area contributed by atoms with Gasteiger partial charge in [0, 0.05) is 16.3 Å². The molecule has 2 aromatic carbocycles. The van der Waals surface area contributed by atoms with Crippen LogP contribution < -0.4 is 5.73 Å². The van der Waals surface area contributed by atoms with Gasteiger partial charge in [-0.15, -0.1) is 0 Å². The van der Waals surface area contributed by atoms with Crippen LogP contribution in [0.2, 0.25) is 10.0 Å². The van der Waals surface area contributed by atoms with E-state index in [0.29, 0.717) is 16.3 Å². The molecule has 0 bridgehead atoms. The van der Waals surface area contributed by atoms with Gasteiger partial charge in [-0.25, -0.2) is 4.79 Å². The van der Waals surface area contributed by atoms with Gasteiger partial charge in [-0.05, 0) is 42.5 Å². The molecule has 2 rings (SSSR count). The molecule has 0 atom stereocenters. The molecule has 6 heteroatoms. The topological polar surface area (TPSA) is 69.4 Å². The number of ether oxygens (including phenoxy) is 1. The highest BCUT2D eigenvalue weighted by molar-refractivity contribution is 6.36. The number of carbonyl (C=O) groups is 2. The maximum Gasteiger partial charge on any atom is 0.338 e. The van der Waals surface area contributed by atoms with Crippen LogP contribution in [-0.4, -0.2) is 18.4 Å². The lowest BCUT2D eigenvalue weighted by atomic mass is 10.1. The van der Waals surface area contributed by atoms with Gasteiger partial charge in [-0.3, -0.25) is 4.79 Å². The van der Waals surface area contributed by atoms with Gasteiger partial charge in [0.2, 0.25) is 5.78 Å². The third kappa shape index (κ3) is 3.97. The number of hydrogen-bond acceptors (Lipinski definition) is 4. The van der Waals surface area contributed by atoms with E-state index < -0.39 is 18.4 Å². The molecule has 0 aliphatic carbocycles. The van der Waals surface area contributed by atoms with Crippen LogP contribution in [0.1, 0.15) is 20.7 Å². The molecule has 108 valence electrons. The number of ketones is 1.